The molecule has 0 atom stereocenters. The van der Waals surface area contributed by atoms with E-state index in [9.17, 15) is 0 Å². The first-order valence-corrected chi connectivity index (χ1v) is 22.0. The Balaban J connectivity index is 0.903. The van der Waals surface area contributed by atoms with Crippen LogP contribution in [0.3, 0.4) is 0 Å². The summed E-state index contributed by atoms with van der Waals surface area (Å²) in [4.78, 5) is 10.5. The van der Waals surface area contributed by atoms with Crippen molar-refractivity contribution in [2.75, 3.05) is 0 Å². The minimum Gasteiger partial charge on any atom is -0.455 e. The van der Waals surface area contributed by atoms with Gasteiger partial charge in [-0.05, 0) is 71.3 Å². The lowest BCUT2D eigenvalue weighted by molar-refractivity contribution is 0.670. The number of nitrogens with zero attached hydrogens (tertiary/aromatic N) is 3. The van der Waals surface area contributed by atoms with Crippen molar-refractivity contribution < 1.29 is 4.42 Å². The van der Waals surface area contributed by atoms with Crippen molar-refractivity contribution in [3.8, 4) is 61.8 Å². The van der Waals surface area contributed by atoms with E-state index in [0.717, 1.165) is 66.8 Å². The van der Waals surface area contributed by atoms with Crippen molar-refractivity contribution in [2.45, 2.75) is 0 Å². The summed E-state index contributed by atoms with van der Waals surface area (Å²) in [6, 6.07) is 75.5. The molecule has 4 aromatic heterocycles. The van der Waals surface area contributed by atoms with E-state index in [1.54, 1.807) is 0 Å². The molecule has 0 saturated carbocycles. The van der Waals surface area contributed by atoms with Crippen LogP contribution in [0, 0.1) is 0 Å². The summed E-state index contributed by atoms with van der Waals surface area (Å²) < 4.78 is 11.4. The van der Waals surface area contributed by atoms with Gasteiger partial charge in [0.25, 0.3) is 0 Å². The van der Waals surface area contributed by atoms with Crippen LogP contribution in [0.4, 0.5) is 0 Å². The Labute approximate surface area is 366 Å². The summed E-state index contributed by atoms with van der Waals surface area (Å²) in [5.41, 5.74) is 14.5. The minimum absolute atomic E-state index is 0.668. The molecule has 63 heavy (non-hydrogen) atoms. The number of fused-ring (bicyclic) bond motifs is 9. The Kier molecular flexibility index (Phi) is 8.05. The van der Waals surface area contributed by atoms with Gasteiger partial charge in [0.2, 0.25) is 0 Å². The quantitative estimate of drug-likeness (QED) is 0.168. The molecule has 9 aromatic carbocycles. The van der Waals surface area contributed by atoms with E-state index in [2.05, 4.69) is 205 Å². The fourth-order valence-corrected chi connectivity index (χ4v) is 10.5. The highest BCUT2D eigenvalue weighted by Gasteiger charge is 2.16. The van der Waals surface area contributed by atoms with Crippen molar-refractivity contribution in [3.05, 3.63) is 212 Å². The highest BCUT2D eigenvalue weighted by Crippen LogP contribution is 2.39. The molecule has 0 amide bonds. The van der Waals surface area contributed by atoms with Crippen LogP contribution in [0.5, 0.6) is 0 Å². The Morgan fingerprint density at radius 1 is 0.365 bits per heavy atom. The molecule has 0 aliphatic heterocycles. The van der Waals surface area contributed by atoms with Crippen LogP contribution >= 0.6 is 11.3 Å². The van der Waals surface area contributed by atoms with E-state index in [0.29, 0.717) is 5.82 Å². The van der Waals surface area contributed by atoms with Gasteiger partial charge in [-0.15, -0.1) is 11.3 Å². The normalized spacial score (nSPS) is 11.8. The van der Waals surface area contributed by atoms with E-state index in [1.165, 1.54) is 53.1 Å². The average Bonchev–Trinajstić information content (AvgIpc) is 4.04. The number of benzene rings is 9. The molecule has 0 saturated heterocycles. The summed E-state index contributed by atoms with van der Waals surface area (Å²) in [5, 5.41) is 7.33. The van der Waals surface area contributed by atoms with Gasteiger partial charge >= 0.3 is 0 Å². The first kappa shape index (κ1) is 35.6. The van der Waals surface area contributed by atoms with Crippen LogP contribution in [0.15, 0.2) is 217 Å². The van der Waals surface area contributed by atoms with Gasteiger partial charge < -0.3 is 8.98 Å². The first-order valence-electron chi connectivity index (χ1n) is 21.2. The lowest BCUT2D eigenvalue weighted by Crippen LogP contribution is -1.97. The molecule has 294 valence electrons. The molecule has 0 N–H and O–H groups in total. The van der Waals surface area contributed by atoms with Crippen LogP contribution in [0.25, 0.3) is 126 Å². The maximum atomic E-state index is 6.40. The van der Waals surface area contributed by atoms with Crippen molar-refractivity contribution >= 4 is 75.3 Å². The second kappa shape index (κ2) is 14.2. The number of thiophene rings is 1. The third kappa shape index (κ3) is 5.89. The van der Waals surface area contributed by atoms with Crippen molar-refractivity contribution in [2.24, 2.45) is 0 Å². The van der Waals surface area contributed by atoms with E-state index in [-0.39, 0.29) is 0 Å². The molecule has 0 aliphatic rings. The number of rotatable bonds is 6. The average molecular weight is 822 g/mol. The second-order valence-electron chi connectivity index (χ2n) is 16.1. The summed E-state index contributed by atoms with van der Waals surface area (Å²) in [6.07, 6.45) is 0. The molecule has 4 nitrogen and oxygen atoms in total. The predicted molar refractivity (Wildman–Crippen MR) is 264 cm³/mol. The highest BCUT2D eigenvalue weighted by molar-refractivity contribution is 7.25. The van der Waals surface area contributed by atoms with E-state index in [1.807, 2.05) is 23.5 Å². The van der Waals surface area contributed by atoms with E-state index in [4.69, 9.17) is 14.4 Å². The summed E-state index contributed by atoms with van der Waals surface area (Å²) in [7, 11) is 0. The molecule has 13 rings (SSSR count). The Morgan fingerprint density at radius 3 is 1.63 bits per heavy atom. The summed E-state index contributed by atoms with van der Waals surface area (Å²) >= 11 is 1.85. The topological polar surface area (TPSA) is 43.9 Å². The number of hydrogen-bond donors (Lipinski definition) is 0. The Morgan fingerprint density at radius 2 is 0.905 bits per heavy atom. The molecular formula is C58H35N3OS. The lowest BCUT2D eigenvalue weighted by atomic mass is 9.99. The van der Waals surface area contributed by atoms with E-state index >= 15 is 0 Å². The zero-order chi connectivity index (χ0) is 41.4. The van der Waals surface area contributed by atoms with Crippen molar-refractivity contribution in [3.63, 3.8) is 0 Å². The predicted octanol–water partition coefficient (Wildman–Crippen LogP) is 16.2. The third-order valence-electron chi connectivity index (χ3n) is 12.5. The maximum Gasteiger partial charge on any atom is 0.160 e. The van der Waals surface area contributed by atoms with Crippen molar-refractivity contribution in [1.82, 2.24) is 14.5 Å². The monoisotopic (exact) mass is 821 g/mol. The van der Waals surface area contributed by atoms with Gasteiger partial charge in [-0.1, -0.05) is 158 Å². The Bertz CT molecular complexity index is 3840. The van der Waals surface area contributed by atoms with Crippen LogP contribution in [0.2, 0.25) is 0 Å². The Hall–Kier alpha value is -8.12. The third-order valence-corrected chi connectivity index (χ3v) is 13.6. The zero-order valence-electron chi connectivity index (χ0n) is 33.9. The number of furan rings is 1. The summed E-state index contributed by atoms with van der Waals surface area (Å²) in [6.45, 7) is 0. The first-order chi connectivity index (χ1) is 31.2. The fourth-order valence-electron chi connectivity index (χ4n) is 9.37. The standard InChI is InChI=1S/C58H35N3OS/c1-5-16-52-44(10-1)45-11-2-6-17-53(45)61(52)42-31-28-39(29-32-42)51-35-50(38-24-20-36(21-25-38)41-30-33-56-49(34-41)47-13-4-8-19-55(47)63-56)59-58(60-51)40-26-22-37(23-27-40)43-14-9-15-48-46-12-3-7-18-54(46)62-57(43)48/h1-35H. The van der Waals surface area contributed by atoms with Crippen LogP contribution in [-0.4, -0.2) is 14.5 Å². The van der Waals surface area contributed by atoms with Gasteiger partial charge in [-0.3, -0.25) is 0 Å². The van der Waals surface area contributed by atoms with Crippen LogP contribution in [-0.2, 0) is 0 Å². The number of hydrogen-bond acceptors (Lipinski definition) is 4. The lowest BCUT2D eigenvalue weighted by Gasteiger charge is -2.12. The molecule has 0 unspecified atom stereocenters. The molecule has 0 radical (unpaired) electrons. The second-order valence-corrected chi connectivity index (χ2v) is 17.2. The number of aromatic nitrogens is 3. The van der Waals surface area contributed by atoms with Gasteiger partial charge in [0.1, 0.15) is 11.2 Å². The molecule has 13 aromatic rings. The molecule has 4 heterocycles. The van der Waals surface area contributed by atoms with Gasteiger partial charge in [0.15, 0.2) is 5.82 Å². The van der Waals surface area contributed by atoms with Crippen LogP contribution < -0.4 is 0 Å². The van der Waals surface area contributed by atoms with Gasteiger partial charge in [0.05, 0.1) is 22.4 Å². The maximum absolute atomic E-state index is 6.40. The zero-order valence-corrected chi connectivity index (χ0v) is 34.7. The molecule has 5 heteroatoms. The van der Waals surface area contributed by atoms with Gasteiger partial charge in [-0.2, -0.15) is 0 Å². The fraction of sp³-hybridized carbons (Fsp3) is 0. The molecule has 0 fully saturated rings. The van der Waals surface area contributed by atoms with E-state index < -0.39 is 0 Å². The van der Waals surface area contributed by atoms with Gasteiger partial charge in [0, 0.05) is 69.7 Å². The molecule has 0 spiro atoms. The van der Waals surface area contributed by atoms with Crippen molar-refractivity contribution in [1.29, 1.82) is 0 Å². The molecule has 0 bridgehead atoms. The molecular weight excluding hydrogens is 787 g/mol. The highest BCUT2D eigenvalue weighted by atomic mass is 32.1. The van der Waals surface area contributed by atoms with Crippen LogP contribution in [0.1, 0.15) is 0 Å². The minimum atomic E-state index is 0.668. The SMILES string of the molecule is c1ccc2c(c1)oc1c(-c3ccc(-c4nc(-c5ccc(-c6ccc7sc8ccccc8c7c6)cc5)cc(-c5ccc(-n6c7ccccc7c7ccccc76)cc5)n4)cc3)cccc12. The largest absolute Gasteiger partial charge is 0.455 e. The summed E-state index contributed by atoms with van der Waals surface area (Å²) in [5.74, 6) is 0.668. The van der Waals surface area contributed by atoms with Gasteiger partial charge in [-0.25, -0.2) is 9.97 Å². The number of para-hydroxylation sites is 4. The molecule has 0 aliphatic carbocycles. The smallest absolute Gasteiger partial charge is 0.160 e.